The molecule has 7 heteroatoms. The first-order chi connectivity index (χ1) is 18.5. The number of para-hydroxylation sites is 1. The highest BCUT2D eigenvalue weighted by Gasteiger charge is 2.43. The number of urea groups is 1. The summed E-state index contributed by atoms with van der Waals surface area (Å²) in [6.07, 6.45) is -0.509. The van der Waals surface area contributed by atoms with Crippen molar-refractivity contribution in [2.75, 3.05) is 10.2 Å². The van der Waals surface area contributed by atoms with Gasteiger partial charge in [-0.15, -0.1) is 0 Å². The second-order valence-corrected chi connectivity index (χ2v) is 10.2. The standard InChI is InChI=1S/C31H28BrN3O3/c1-21-28(34-31(37)38-20-22-11-5-2-6-12-22)26-19-24(32)17-18-27(26)35(29(21)23-13-7-3-8-14-23)30(36)33-25-15-9-4-10-16-25/h2-19,21,28-29H,20H2,1H3,(H,33,36)(H,34,37)/t21-,28-,29-/m0/s1. The number of nitrogens with one attached hydrogen (secondary N) is 2. The third kappa shape index (κ3) is 5.58. The summed E-state index contributed by atoms with van der Waals surface area (Å²) in [6.45, 7) is 2.22. The van der Waals surface area contributed by atoms with Crippen LogP contribution in [0, 0.1) is 5.92 Å². The molecule has 0 saturated carbocycles. The molecule has 5 rings (SSSR count). The maximum Gasteiger partial charge on any atom is 0.407 e. The highest BCUT2D eigenvalue weighted by atomic mass is 79.9. The quantitative estimate of drug-likeness (QED) is 0.257. The molecule has 6 nitrogen and oxygen atoms in total. The average molecular weight is 570 g/mol. The lowest BCUT2D eigenvalue weighted by Crippen LogP contribution is -2.49. The predicted molar refractivity (Wildman–Crippen MR) is 153 cm³/mol. The van der Waals surface area contributed by atoms with E-state index < -0.39 is 12.1 Å². The highest BCUT2D eigenvalue weighted by molar-refractivity contribution is 9.10. The molecular weight excluding hydrogens is 542 g/mol. The molecule has 0 radical (unpaired) electrons. The number of carbonyl (C=O) groups is 2. The lowest BCUT2D eigenvalue weighted by Gasteiger charge is -2.45. The summed E-state index contributed by atoms with van der Waals surface area (Å²) in [5.41, 5.74) is 4.15. The molecule has 2 N–H and O–H groups in total. The smallest absolute Gasteiger partial charge is 0.407 e. The number of anilines is 2. The van der Waals surface area contributed by atoms with Gasteiger partial charge in [-0.1, -0.05) is 102 Å². The van der Waals surface area contributed by atoms with E-state index in [1.54, 1.807) is 4.90 Å². The Morgan fingerprint density at radius 2 is 1.50 bits per heavy atom. The van der Waals surface area contributed by atoms with E-state index in [1.807, 2.05) is 116 Å². The van der Waals surface area contributed by atoms with Crippen LogP contribution in [0.4, 0.5) is 21.0 Å². The van der Waals surface area contributed by atoms with Crippen LogP contribution in [0.25, 0.3) is 0 Å². The highest BCUT2D eigenvalue weighted by Crippen LogP contribution is 2.48. The molecule has 1 heterocycles. The number of hydrogen-bond acceptors (Lipinski definition) is 3. The number of amides is 3. The molecule has 0 saturated heterocycles. The van der Waals surface area contributed by atoms with Crippen LogP contribution in [0.5, 0.6) is 0 Å². The lowest BCUT2D eigenvalue weighted by atomic mass is 9.79. The van der Waals surface area contributed by atoms with Crippen molar-refractivity contribution in [3.8, 4) is 0 Å². The number of nitrogens with zero attached hydrogens (tertiary/aromatic N) is 1. The molecule has 1 aliphatic rings. The second kappa shape index (κ2) is 11.5. The van der Waals surface area contributed by atoms with E-state index in [0.717, 1.165) is 26.9 Å². The van der Waals surface area contributed by atoms with Crippen molar-refractivity contribution in [3.05, 3.63) is 130 Å². The van der Waals surface area contributed by atoms with Crippen LogP contribution >= 0.6 is 15.9 Å². The topological polar surface area (TPSA) is 70.7 Å². The van der Waals surface area contributed by atoms with Gasteiger partial charge in [0.05, 0.1) is 17.8 Å². The molecule has 0 aromatic heterocycles. The summed E-state index contributed by atoms with van der Waals surface area (Å²) in [6, 6.07) is 33.7. The van der Waals surface area contributed by atoms with Crippen LogP contribution in [-0.4, -0.2) is 12.1 Å². The van der Waals surface area contributed by atoms with Gasteiger partial charge in [0.2, 0.25) is 0 Å². The van der Waals surface area contributed by atoms with E-state index in [4.69, 9.17) is 4.74 Å². The molecule has 0 unspecified atom stereocenters. The predicted octanol–water partition coefficient (Wildman–Crippen LogP) is 7.85. The van der Waals surface area contributed by atoms with Crippen LogP contribution < -0.4 is 15.5 Å². The molecule has 0 bridgehead atoms. The Bertz CT molecular complexity index is 1400. The van der Waals surface area contributed by atoms with Gasteiger partial charge in [-0.25, -0.2) is 9.59 Å². The Kier molecular flexibility index (Phi) is 7.75. The van der Waals surface area contributed by atoms with Gasteiger partial charge in [0.25, 0.3) is 0 Å². The number of ether oxygens (including phenoxy) is 1. The molecule has 3 amide bonds. The molecule has 3 atom stereocenters. The van der Waals surface area contributed by atoms with Gasteiger partial charge >= 0.3 is 12.1 Å². The molecule has 4 aromatic rings. The number of benzene rings is 4. The van der Waals surface area contributed by atoms with Crippen molar-refractivity contribution in [1.29, 1.82) is 0 Å². The lowest BCUT2D eigenvalue weighted by molar-refractivity contribution is 0.130. The van der Waals surface area contributed by atoms with Crippen LogP contribution in [-0.2, 0) is 11.3 Å². The summed E-state index contributed by atoms with van der Waals surface area (Å²) >= 11 is 3.57. The molecule has 1 aliphatic heterocycles. The minimum absolute atomic E-state index is 0.173. The summed E-state index contributed by atoms with van der Waals surface area (Å²) < 4.78 is 6.42. The number of rotatable bonds is 5. The Hall–Kier alpha value is -4.10. The van der Waals surface area contributed by atoms with Crippen LogP contribution in [0.15, 0.2) is 114 Å². The number of hydrogen-bond donors (Lipinski definition) is 2. The fraction of sp³-hybridized carbons (Fsp3) is 0.161. The van der Waals surface area contributed by atoms with Crippen LogP contribution in [0.1, 0.15) is 35.7 Å². The largest absolute Gasteiger partial charge is 0.445 e. The molecule has 0 aliphatic carbocycles. The number of fused-ring (bicyclic) bond motifs is 1. The number of halogens is 1. The Balaban J connectivity index is 1.50. The average Bonchev–Trinajstić information content (AvgIpc) is 2.94. The first-order valence-electron chi connectivity index (χ1n) is 12.5. The fourth-order valence-corrected chi connectivity index (χ4v) is 5.37. The summed E-state index contributed by atoms with van der Waals surface area (Å²) in [5, 5.41) is 6.14. The third-order valence-electron chi connectivity index (χ3n) is 6.76. The maximum absolute atomic E-state index is 13.8. The molecule has 0 fully saturated rings. The summed E-state index contributed by atoms with van der Waals surface area (Å²) in [7, 11) is 0. The molecule has 192 valence electrons. The van der Waals surface area contributed by atoms with Gasteiger partial charge in [-0.2, -0.15) is 0 Å². The fourth-order valence-electron chi connectivity index (χ4n) is 4.99. The van der Waals surface area contributed by atoms with E-state index in [2.05, 4.69) is 26.6 Å². The van der Waals surface area contributed by atoms with Gasteiger partial charge in [-0.05, 0) is 47.0 Å². The van der Waals surface area contributed by atoms with Crippen LogP contribution in [0.2, 0.25) is 0 Å². The van der Waals surface area contributed by atoms with E-state index >= 15 is 0 Å². The van der Waals surface area contributed by atoms with Crippen molar-refractivity contribution in [2.45, 2.75) is 25.6 Å². The first-order valence-corrected chi connectivity index (χ1v) is 13.3. The van der Waals surface area contributed by atoms with Crippen molar-refractivity contribution in [1.82, 2.24) is 5.32 Å². The maximum atomic E-state index is 13.8. The van der Waals surface area contributed by atoms with Gasteiger partial charge < -0.3 is 15.4 Å². The van der Waals surface area contributed by atoms with Crippen molar-refractivity contribution in [2.24, 2.45) is 5.92 Å². The SMILES string of the molecule is C[C@H]1[C@H](NC(=O)OCc2ccccc2)c2cc(Br)ccc2N(C(=O)Nc2ccccc2)[C@@H]1c1ccccc1. The number of alkyl carbamates (subject to hydrolysis) is 1. The minimum Gasteiger partial charge on any atom is -0.445 e. The van der Waals surface area contributed by atoms with Gasteiger partial charge in [0.1, 0.15) is 6.61 Å². The zero-order valence-electron chi connectivity index (χ0n) is 20.9. The zero-order chi connectivity index (χ0) is 26.5. The normalized spacial score (nSPS) is 18.3. The van der Waals surface area contributed by atoms with Crippen molar-refractivity contribution < 1.29 is 14.3 Å². The van der Waals surface area contributed by atoms with E-state index in [1.165, 1.54) is 0 Å². The minimum atomic E-state index is -0.509. The molecule has 4 aromatic carbocycles. The van der Waals surface area contributed by atoms with Crippen molar-refractivity contribution >= 4 is 39.4 Å². The Morgan fingerprint density at radius 3 is 2.18 bits per heavy atom. The van der Waals surface area contributed by atoms with Crippen molar-refractivity contribution in [3.63, 3.8) is 0 Å². The van der Waals surface area contributed by atoms with E-state index in [0.29, 0.717) is 5.69 Å². The Morgan fingerprint density at radius 1 is 0.868 bits per heavy atom. The number of carbonyl (C=O) groups excluding carboxylic acids is 2. The molecular formula is C31H28BrN3O3. The van der Waals surface area contributed by atoms with Gasteiger partial charge in [0.15, 0.2) is 0 Å². The third-order valence-corrected chi connectivity index (χ3v) is 7.25. The van der Waals surface area contributed by atoms with E-state index in [9.17, 15) is 9.59 Å². The second-order valence-electron chi connectivity index (χ2n) is 9.27. The molecule has 0 spiro atoms. The Labute approximate surface area is 230 Å². The van der Waals surface area contributed by atoms with Gasteiger partial charge in [-0.3, -0.25) is 4.90 Å². The zero-order valence-corrected chi connectivity index (χ0v) is 22.5. The monoisotopic (exact) mass is 569 g/mol. The van der Waals surface area contributed by atoms with Crippen LogP contribution in [0.3, 0.4) is 0 Å². The van der Waals surface area contributed by atoms with Gasteiger partial charge in [0, 0.05) is 16.1 Å². The van der Waals surface area contributed by atoms with E-state index in [-0.39, 0.29) is 24.6 Å². The summed E-state index contributed by atoms with van der Waals surface area (Å²) in [5.74, 6) is -0.176. The first kappa shape index (κ1) is 25.5. The molecule has 38 heavy (non-hydrogen) atoms. The summed E-state index contributed by atoms with van der Waals surface area (Å²) in [4.78, 5) is 28.6.